The third kappa shape index (κ3) is 3.69. The molecule has 0 aromatic heterocycles. The van der Waals surface area contributed by atoms with E-state index >= 15 is 0 Å². The van der Waals surface area contributed by atoms with Crippen LogP contribution in [-0.4, -0.2) is 17.2 Å². The van der Waals surface area contributed by atoms with Gasteiger partial charge < -0.3 is 9.84 Å². The summed E-state index contributed by atoms with van der Waals surface area (Å²) in [5.74, 6) is -0.387. The standard InChI is InChI=1S/C20H18O3/c1-14-6-8-15(9-7-14)12-19(20(21)22)23-18-11-10-16-4-2-3-5-17(16)13-18/h2-11,13,19H,12H2,1H3,(H,21,22)/t19-/m0/s1. The summed E-state index contributed by atoms with van der Waals surface area (Å²) in [6, 6.07) is 21.4. The van der Waals surface area contributed by atoms with E-state index in [2.05, 4.69) is 0 Å². The van der Waals surface area contributed by atoms with Gasteiger partial charge >= 0.3 is 5.97 Å². The van der Waals surface area contributed by atoms with E-state index in [-0.39, 0.29) is 0 Å². The lowest BCUT2D eigenvalue weighted by atomic mass is 10.1. The van der Waals surface area contributed by atoms with Crippen molar-refractivity contribution in [3.8, 4) is 5.75 Å². The minimum absolute atomic E-state index is 0.336. The van der Waals surface area contributed by atoms with Crippen LogP contribution in [0.2, 0.25) is 0 Å². The highest BCUT2D eigenvalue weighted by molar-refractivity contribution is 5.84. The number of aryl methyl sites for hydroxylation is 1. The molecule has 3 nitrogen and oxygen atoms in total. The van der Waals surface area contributed by atoms with Crippen molar-refractivity contribution >= 4 is 16.7 Å². The van der Waals surface area contributed by atoms with Crippen LogP contribution in [0.15, 0.2) is 66.7 Å². The van der Waals surface area contributed by atoms with E-state index in [0.717, 1.165) is 21.9 Å². The van der Waals surface area contributed by atoms with Gasteiger partial charge in [0, 0.05) is 6.42 Å². The number of carboxylic acid groups (broad SMARTS) is 1. The lowest BCUT2D eigenvalue weighted by Gasteiger charge is -2.16. The average molecular weight is 306 g/mol. The van der Waals surface area contributed by atoms with Crippen molar-refractivity contribution in [1.82, 2.24) is 0 Å². The maximum absolute atomic E-state index is 11.5. The molecule has 116 valence electrons. The number of ether oxygens (including phenoxy) is 1. The van der Waals surface area contributed by atoms with Gasteiger partial charge in [0.2, 0.25) is 0 Å². The number of rotatable bonds is 5. The van der Waals surface area contributed by atoms with Crippen LogP contribution in [-0.2, 0) is 11.2 Å². The largest absolute Gasteiger partial charge is 0.478 e. The molecule has 0 amide bonds. The first-order chi connectivity index (χ1) is 11.1. The Morgan fingerprint density at radius 1 is 1.00 bits per heavy atom. The second kappa shape index (κ2) is 6.53. The predicted octanol–water partition coefficient (Wildman–Crippen LogP) is 4.22. The van der Waals surface area contributed by atoms with E-state index in [9.17, 15) is 9.90 Å². The van der Waals surface area contributed by atoms with Gasteiger partial charge in [0.25, 0.3) is 0 Å². The van der Waals surface area contributed by atoms with Crippen LogP contribution in [0, 0.1) is 6.92 Å². The van der Waals surface area contributed by atoms with E-state index in [1.54, 1.807) is 0 Å². The summed E-state index contributed by atoms with van der Waals surface area (Å²) in [7, 11) is 0. The van der Waals surface area contributed by atoms with Gasteiger partial charge in [-0.15, -0.1) is 0 Å². The summed E-state index contributed by atoms with van der Waals surface area (Å²) in [6.45, 7) is 2.00. The lowest BCUT2D eigenvalue weighted by molar-refractivity contribution is -0.145. The molecule has 0 unspecified atom stereocenters. The third-order valence-electron chi connectivity index (χ3n) is 3.82. The predicted molar refractivity (Wildman–Crippen MR) is 90.9 cm³/mol. The molecule has 0 aliphatic heterocycles. The number of fused-ring (bicyclic) bond motifs is 1. The second-order valence-corrected chi connectivity index (χ2v) is 5.64. The van der Waals surface area contributed by atoms with Crippen molar-refractivity contribution in [2.24, 2.45) is 0 Å². The molecule has 0 spiro atoms. The summed E-state index contributed by atoms with van der Waals surface area (Å²) < 4.78 is 5.72. The molecule has 0 heterocycles. The summed E-state index contributed by atoms with van der Waals surface area (Å²) in [5, 5.41) is 11.6. The summed E-state index contributed by atoms with van der Waals surface area (Å²) in [6.07, 6.45) is -0.568. The molecule has 0 radical (unpaired) electrons. The highest BCUT2D eigenvalue weighted by atomic mass is 16.5. The van der Waals surface area contributed by atoms with Gasteiger partial charge in [-0.05, 0) is 35.4 Å². The Morgan fingerprint density at radius 3 is 2.39 bits per heavy atom. The SMILES string of the molecule is Cc1ccc(C[C@H](Oc2ccc3ccccc3c2)C(=O)O)cc1. The fourth-order valence-electron chi connectivity index (χ4n) is 2.52. The van der Waals surface area contributed by atoms with Gasteiger partial charge in [-0.25, -0.2) is 4.79 Å². The van der Waals surface area contributed by atoms with Gasteiger partial charge in [0.15, 0.2) is 6.10 Å². The van der Waals surface area contributed by atoms with Crippen LogP contribution in [0.4, 0.5) is 0 Å². The molecule has 1 atom stereocenters. The van der Waals surface area contributed by atoms with E-state index in [4.69, 9.17) is 4.74 Å². The highest BCUT2D eigenvalue weighted by Crippen LogP contribution is 2.22. The van der Waals surface area contributed by atoms with Crippen LogP contribution in [0.25, 0.3) is 10.8 Å². The van der Waals surface area contributed by atoms with E-state index in [1.807, 2.05) is 73.7 Å². The lowest BCUT2D eigenvalue weighted by Crippen LogP contribution is -2.29. The van der Waals surface area contributed by atoms with Gasteiger partial charge in [-0.3, -0.25) is 0 Å². The van der Waals surface area contributed by atoms with Crippen molar-refractivity contribution in [1.29, 1.82) is 0 Å². The quantitative estimate of drug-likeness (QED) is 0.767. The molecular formula is C20H18O3. The van der Waals surface area contributed by atoms with Crippen molar-refractivity contribution in [3.05, 3.63) is 77.9 Å². The van der Waals surface area contributed by atoms with Crippen LogP contribution in [0.3, 0.4) is 0 Å². The second-order valence-electron chi connectivity index (χ2n) is 5.64. The van der Waals surface area contributed by atoms with Crippen LogP contribution in [0.5, 0.6) is 5.75 Å². The van der Waals surface area contributed by atoms with Crippen molar-refractivity contribution in [2.45, 2.75) is 19.4 Å². The summed E-state index contributed by atoms with van der Waals surface area (Å²) >= 11 is 0. The van der Waals surface area contributed by atoms with Crippen LogP contribution < -0.4 is 4.74 Å². The normalized spacial score (nSPS) is 12.0. The Morgan fingerprint density at radius 2 is 1.70 bits per heavy atom. The zero-order chi connectivity index (χ0) is 16.2. The topological polar surface area (TPSA) is 46.5 Å². The molecule has 0 aliphatic rings. The van der Waals surface area contributed by atoms with E-state index in [0.29, 0.717) is 12.2 Å². The first-order valence-electron chi connectivity index (χ1n) is 7.55. The molecular weight excluding hydrogens is 288 g/mol. The van der Waals surface area contributed by atoms with Crippen molar-refractivity contribution in [2.75, 3.05) is 0 Å². The number of aliphatic carboxylic acids is 1. The smallest absolute Gasteiger partial charge is 0.345 e. The minimum Gasteiger partial charge on any atom is -0.478 e. The molecule has 0 bridgehead atoms. The van der Waals surface area contributed by atoms with Gasteiger partial charge in [0.05, 0.1) is 0 Å². The molecule has 3 rings (SSSR count). The summed E-state index contributed by atoms with van der Waals surface area (Å²) in [5.41, 5.74) is 2.10. The maximum Gasteiger partial charge on any atom is 0.345 e. The molecule has 0 saturated heterocycles. The zero-order valence-corrected chi connectivity index (χ0v) is 12.9. The number of benzene rings is 3. The van der Waals surface area contributed by atoms with Crippen molar-refractivity contribution < 1.29 is 14.6 Å². The molecule has 3 heteroatoms. The average Bonchev–Trinajstić information content (AvgIpc) is 2.56. The third-order valence-corrected chi connectivity index (χ3v) is 3.82. The Bertz CT molecular complexity index is 822. The molecule has 3 aromatic carbocycles. The summed E-state index contributed by atoms with van der Waals surface area (Å²) in [4.78, 5) is 11.5. The highest BCUT2D eigenvalue weighted by Gasteiger charge is 2.20. The monoisotopic (exact) mass is 306 g/mol. The number of hydrogen-bond acceptors (Lipinski definition) is 2. The number of hydrogen-bond donors (Lipinski definition) is 1. The molecule has 0 aliphatic carbocycles. The Kier molecular flexibility index (Phi) is 4.29. The Hall–Kier alpha value is -2.81. The van der Waals surface area contributed by atoms with Crippen molar-refractivity contribution in [3.63, 3.8) is 0 Å². The first-order valence-corrected chi connectivity index (χ1v) is 7.55. The molecule has 1 N–H and O–H groups in total. The Labute approximate surface area is 135 Å². The van der Waals surface area contributed by atoms with Crippen LogP contribution >= 0.6 is 0 Å². The number of carboxylic acids is 1. The number of carbonyl (C=O) groups is 1. The maximum atomic E-state index is 11.5. The molecule has 0 saturated carbocycles. The molecule has 3 aromatic rings. The minimum atomic E-state index is -0.960. The Balaban J connectivity index is 1.80. The fourth-order valence-corrected chi connectivity index (χ4v) is 2.52. The fraction of sp³-hybridized carbons (Fsp3) is 0.150. The first kappa shape index (κ1) is 15.1. The van der Waals surface area contributed by atoms with Gasteiger partial charge in [0.1, 0.15) is 5.75 Å². The van der Waals surface area contributed by atoms with Gasteiger partial charge in [-0.1, -0.05) is 60.2 Å². The van der Waals surface area contributed by atoms with Gasteiger partial charge in [-0.2, -0.15) is 0 Å². The van der Waals surface area contributed by atoms with E-state index < -0.39 is 12.1 Å². The van der Waals surface area contributed by atoms with Crippen LogP contribution in [0.1, 0.15) is 11.1 Å². The van der Waals surface area contributed by atoms with E-state index in [1.165, 1.54) is 0 Å². The molecule has 23 heavy (non-hydrogen) atoms. The zero-order valence-electron chi connectivity index (χ0n) is 12.9. The molecule has 0 fully saturated rings.